The predicted molar refractivity (Wildman–Crippen MR) is 63.7 cm³/mol. The zero-order chi connectivity index (χ0) is 9.80. The molecule has 1 saturated carbocycles. The summed E-state index contributed by atoms with van der Waals surface area (Å²) in [5.74, 6) is 0. The van der Waals surface area contributed by atoms with Crippen molar-refractivity contribution in [3.05, 3.63) is 30.3 Å². The third-order valence-corrected chi connectivity index (χ3v) is 6.47. The van der Waals surface area contributed by atoms with Gasteiger partial charge >= 0.3 is 97.2 Å². The second kappa shape index (κ2) is 5.21. The van der Waals surface area contributed by atoms with Crippen molar-refractivity contribution >= 4 is 31.0 Å². The Labute approximate surface area is 97.2 Å². The third kappa shape index (κ3) is 2.76. The quantitative estimate of drug-likeness (QED) is 0.574. The van der Waals surface area contributed by atoms with Gasteiger partial charge in [-0.05, 0) is 0 Å². The van der Waals surface area contributed by atoms with Crippen molar-refractivity contribution in [2.24, 2.45) is 0 Å². The molecule has 14 heavy (non-hydrogen) atoms. The molecule has 2 rings (SSSR count). The van der Waals surface area contributed by atoms with E-state index < -0.39 is 0 Å². The molecule has 0 unspecified atom stereocenters. The van der Waals surface area contributed by atoms with Crippen LogP contribution in [0.4, 0.5) is 0 Å². The van der Waals surface area contributed by atoms with E-state index >= 15 is 0 Å². The van der Waals surface area contributed by atoms with Crippen LogP contribution in [0.15, 0.2) is 30.3 Å². The average molecular weight is 274 g/mol. The summed E-state index contributed by atoms with van der Waals surface area (Å²) in [4.78, 5) is 0.764. The van der Waals surface area contributed by atoms with Crippen molar-refractivity contribution in [3.8, 4) is 0 Å². The molecule has 0 radical (unpaired) electrons. The molecule has 1 aromatic carbocycles. The fourth-order valence-electron chi connectivity index (χ4n) is 1.86. The Morgan fingerprint density at radius 1 is 1.07 bits per heavy atom. The molecule has 0 spiro atoms. The summed E-state index contributed by atoms with van der Waals surface area (Å²) in [6.07, 6.45) is 5.27. The topological polar surface area (TPSA) is 0 Å². The van der Waals surface area contributed by atoms with Gasteiger partial charge in [0.1, 0.15) is 0 Å². The van der Waals surface area contributed by atoms with Crippen molar-refractivity contribution < 1.29 is 0 Å². The summed E-state index contributed by atoms with van der Waals surface area (Å²) in [7, 11) is 0. The minimum atomic E-state index is 0.434. The zero-order valence-corrected chi connectivity index (χ0v) is 10.6. The minimum absolute atomic E-state index is 0.434. The van der Waals surface area contributed by atoms with Crippen LogP contribution >= 0.6 is 11.6 Å². The SMILES string of the molecule is Cl[C@H]1CCCC[C@@H]1[Se]c1ccccc1. The van der Waals surface area contributed by atoms with Crippen molar-refractivity contribution in [3.63, 3.8) is 0 Å². The van der Waals surface area contributed by atoms with E-state index in [-0.39, 0.29) is 0 Å². The Morgan fingerprint density at radius 3 is 2.50 bits per heavy atom. The van der Waals surface area contributed by atoms with Crippen LogP contribution in [0.25, 0.3) is 0 Å². The number of hydrogen-bond acceptors (Lipinski definition) is 0. The fourth-order valence-corrected chi connectivity index (χ4v) is 4.99. The van der Waals surface area contributed by atoms with Crippen LogP contribution in [0, 0.1) is 0 Å². The maximum absolute atomic E-state index is 6.35. The maximum atomic E-state index is 6.35. The first kappa shape index (κ1) is 10.5. The number of benzene rings is 1. The first-order valence-electron chi connectivity index (χ1n) is 5.22. The van der Waals surface area contributed by atoms with Crippen molar-refractivity contribution in [1.29, 1.82) is 0 Å². The Kier molecular flexibility index (Phi) is 3.92. The van der Waals surface area contributed by atoms with Gasteiger partial charge in [-0.25, -0.2) is 0 Å². The van der Waals surface area contributed by atoms with E-state index in [0.29, 0.717) is 20.3 Å². The van der Waals surface area contributed by atoms with Gasteiger partial charge in [0.2, 0.25) is 0 Å². The number of alkyl halides is 1. The molecule has 0 aliphatic heterocycles. The molecule has 1 aliphatic rings. The Bertz CT molecular complexity index is 273. The molecule has 0 bridgehead atoms. The third-order valence-electron chi connectivity index (χ3n) is 2.65. The van der Waals surface area contributed by atoms with Crippen LogP contribution in [-0.4, -0.2) is 20.3 Å². The normalized spacial score (nSPS) is 27.5. The number of hydrogen-bond donors (Lipinski definition) is 0. The van der Waals surface area contributed by atoms with E-state index in [1.165, 1.54) is 30.1 Å². The van der Waals surface area contributed by atoms with E-state index in [1.807, 2.05) is 0 Å². The molecule has 2 heteroatoms. The molecule has 2 atom stereocenters. The van der Waals surface area contributed by atoms with Gasteiger partial charge in [-0.3, -0.25) is 0 Å². The van der Waals surface area contributed by atoms with Crippen LogP contribution in [0.3, 0.4) is 0 Å². The molecule has 1 fully saturated rings. The van der Waals surface area contributed by atoms with Crippen LogP contribution in [0.5, 0.6) is 0 Å². The van der Waals surface area contributed by atoms with Gasteiger partial charge < -0.3 is 0 Å². The van der Waals surface area contributed by atoms with Crippen LogP contribution in [0.1, 0.15) is 25.7 Å². The molecule has 76 valence electrons. The van der Waals surface area contributed by atoms with Gasteiger partial charge in [-0.2, -0.15) is 0 Å². The summed E-state index contributed by atoms with van der Waals surface area (Å²) in [6.45, 7) is 0. The molecule has 0 nitrogen and oxygen atoms in total. The van der Waals surface area contributed by atoms with E-state index in [2.05, 4.69) is 30.3 Å². The molecule has 1 aliphatic carbocycles. The monoisotopic (exact) mass is 274 g/mol. The van der Waals surface area contributed by atoms with Crippen LogP contribution < -0.4 is 4.46 Å². The second-order valence-corrected chi connectivity index (χ2v) is 7.08. The molecular weight excluding hydrogens is 259 g/mol. The van der Waals surface area contributed by atoms with E-state index in [1.54, 1.807) is 0 Å². The van der Waals surface area contributed by atoms with E-state index in [4.69, 9.17) is 11.6 Å². The second-order valence-electron chi connectivity index (χ2n) is 3.77. The van der Waals surface area contributed by atoms with Crippen molar-refractivity contribution in [2.75, 3.05) is 0 Å². The van der Waals surface area contributed by atoms with Gasteiger partial charge in [0.25, 0.3) is 0 Å². The predicted octanol–water partition coefficient (Wildman–Crippen LogP) is 2.99. The summed E-state index contributed by atoms with van der Waals surface area (Å²) < 4.78 is 1.50. The van der Waals surface area contributed by atoms with Gasteiger partial charge in [0.15, 0.2) is 0 Å². The van der Waals surface area contributed by atoms with Crippen LogP contribution in [0.2, 0.25) is 4.82 Å². The molecule has 0 N–H and O–H groups in total. The Morgan fingerprint density at radius 2 is 1.79 bits per heavy atom. The van der Waals surface area contributed by atoms with Crippen molar-refractivity contribution in [1.82, 2.24) is 0 Å². The summed E-state index contributed by atoms with van der Waals surface area (Å²) in [6, 6.07) is 10.8. The number of halogens is 1. The zero-order valence-electron chi connectivity index (χ0n) is 8.16. The molecule has 0 amide bonds. The molecule has 0 aromatic heterocycles. The van der Waals surface area contributed by atoms with Gasteiger partial charge in [0, 0.05) is 0 Å². The summed E-state index contributed by atoms with van der Waals surface area (Å²) in [5, 5.41) is 0.434. The fraction of sp³-hybridized carbons (Fsp3) is 0.500. The standard InChI is InChI=1S/C12H15ClSe/c13-11-8-4-5-9-12(11)14-10-6-2-1-3-7-10/h1-3,6-7,11-12H,4-5,8-9H2/t11-,12-/m0/s1. The van der Waals surface area contributed by atoms with Gasteiger partial charge in [-0.15, -0.1) is 0 Å². The Hall–Kier alpha value is 0.0295. The number of rotatable bonds is 2. The van der Waals surface area contributed by atoms with Crippen molar-refractivity contribution in [2.45, 2.75) is 35.9 Å². The van der Waals surface area contributed by atoms with E-state index in [0.717, 1.165) is 4.82 Å². The molecule has 1 aromatic rings. The molecular formula is C12H15ClSe. The Balaban J connectivity index is 1.96. The van der Waals surface area contributed by atoms with Gasteiger partial charge in [-0.1, -0.05) is 0 Å². The first-order chi connectivity index (χ1) is 6.86. The molecule has 0 saturated heterocycles. The van der Waals surface area contributed by atoms with E-state index in [9.17, 15) is 0 Å². The van der Waals surface area contributed by atoms with Crippen LogP contribution in [-0.2, 0) is 0 Å². The van der Waals surface area contributed by atoms with Gasteiger partial charge in [0.05, 0.1) is 0 Å². The first-order valence-corrected chi connectivity index (χ1v) is 7.50. The molecule has 0 heterocycles. The summed E-state index contributed by atoms with van der Waals surface area (Å²) in [5.41, 5.74) is 0. The summed E-state index contributed by atoms with van der Waals surface area (Å²) >= 11 is 6.93. The average Bonchev–Trinajstić information content (AvgIpc) is 2.23.